The van der Waals surface area contributed by atoms with Gasteiger partial charge in [0.2, 0.25) is 5.91 Å². The van der Waals surface area contributed by atoms with Gasteiger partial charge in [-0.2, -0.15) is 0 Å². The predicted octanol–water partition coefficient (Wildman–Crippen LogP) is 2.64. The summed E-state index contributed by atoms with van der Waals surface area (Å²) in [5.41, 5.74) is 0.842. The first kappa shape index (κ1) is 14.7. The number of rotatable bonds is 5. The average Bonchev–Trinajstić information content (AvgIpc) is 3.06. The third-order valence-corrected chi connectivity index (χ3v) is 5.71. The normalized spacial score (nSPS) is 21.0. The summed E-state index contributed by atoms with van der Waals surface area (Å²) in [5, 5.41) is 14.3. The van der Waals surface area contributed by atoms with Crippen LogP contribution in [0.25, 0.3) is 9.88 Å². The van der Waals surface area contributed by atoms with Gasteiger partial charge in [0.1, 0.15) is 5.01 Å². The summed E-state index contributed by atoms with van der Waals surface area (Å²) in [4.78, 5) is 19.7. The molecular weight excluding hydrogens is 304 g/mol. The lowest BCUT2D eigenvalue weighted by molar-refractivity contribution is -0.130. The maximum absolute atomic E-state index is 12.2. The highest BCUT2D eigenvalue weighted by molar-refractivity contribution is 7.20. The van der Waals surface area contributed by atoms with Crippen LogP contribution in [0.1, 0.15) is 18.5 Å². The van der Waals surface area contributed by atoms with Crippen molar-refractivity contribution in [1.82, 2.24) is 9.88 Å². The summed E-state index contributed by atoms with van der Waals surface area (Å²) in [6.07, 6.45) is 1.83. The molecule has 0 atom stereocenters. The molecule has 0 unspecified atom stereocenters. The molecule has 1 N–H and O–H groups in total. The smallest absolute Gasteiger partial charge is 0.228 e. The molecular formula is C15H18N2O2S2. The van der Waals surface area contributed by atoms with E-state index in [1.807, 2.05) is 29.9 Å². The van der Waals surface area contributed by atoms with Gasteiger partial charge in [-0.25, -0.2) is 4.98 Å². The standard InChI is InChI=1S/C15H18N2O2S2/c1-17(8-10-5-12(18)6-10)14(19)7-11-9-21-15(16-11)13-3-2-4-20-13/h2-4,9-10,12,18H,5-8H2,1H3. The highest BCUT2D eigenvalue weighted by Crippen LogP contribution is 2.29. The minimum atomic E-state index is -0.162. The van der Waals surface area contributed by atoms with Gasteiger partial charge < -0.3 is 10.0 Å². The second kappa shape index (κ2) is 6.25. The molecule has 0 saturated heterocycles. The molecule has 1 saturated carbocycles. The van der Waals surface area contributed by atoms with Crippen molar-refractivity contribution in [2.75, 3.05) is 13.6 Å². The lowest BCUT2D eigenvalue weighted by atomic mass is 9.82. The maximum atomic E-state index is 12.2. The molecule has 4 nitrogen and oxygen atoms in total. The minimum absolute atomic E-state index is 0.0967. The van der Waals surface area contributed by atoms with Gasteiger partial charge in [0.15, 0.2) is 0 Å². The van der Waals surface area contributed by atoms with Crippen LogP contribution in [0.3, 0.4) is 0 Å². The molecule has 3 rings (SSSR count). The molecule has 2 heterocycles. The van der Waals surface area contributed by atoms with Gasteiger partial charge >= 0.3 is 0 Å². The van der Waals surface area contributed by atoms with Crippen molar-refractivity contribution in [3.05, 3.63) is 28.6 Å². The molecule has 6 heteroatoms. The Morgan fingerprint density at radius 2 is 2.29 bits per heavy atom. The Balaban J connectivity index is 1.55. The number of thiazole rings is 1. The summed E-state index contributed by atoms with van der Waals surface area (Å²) in [7, 11) is 1.83. The molecule has 0 bridgehead atoms. The number of aliphatic hydroxyl groups excluding tert-OH is 1. The van der Waals surface area contributed by atoms with Crippen LogP contribution in [-0.4, -0.2) is 40.6 Å². The zero-order valence-corrected chi connectivity index (χ0v) is 13.5. The Bertz CT molecular complexity index is 603. The van der Waals surface area contributed by atoms with E-state index in [4.69, 9.17) is 0 Å². The second-order valence-corrected chi connectivity index (χ2v) is 7.37. The fraction of sp³-hybridized carbons (Fsp3) is 0.467. The molecule has 1 aliphatic carbocycles. The molecule has 112 valence electrons. The summed E-state index contributed by atoms with van der Waals surface area (Å²) in [6, 6.07) is 4.05. The molecule has 21 heavy (non-hydrogen) atoms. The fourth-order valence-electron chi connectivity index (χ4n) is 2.53. The largest absolute Gasteiger partial charge is 0.393 e. The highest BCUT2D eigenvalue weighted by atomic mass is 32.1. The van der Waals surface area contributed by atoms with Crippen LogP contribution in [0.4, 0.5) is 0 Å². The van der Waals surface area contributed by atoms with Crippen molar-refractivity contribution in [3.63, 3.8) is 0 Å². The number of thiophene rings is 1. The molecule has 0 aliphatic heterocycles. The Kier molecular flexibility index (Phi) is 4.37. The maximum Gasteiger partial charge on any atom is 0.228 e. The number of amides is 1. The SMILES string of the molecule is CN(CC1CC(O)C1)C(=O)Cc1csc(-c2cccs2)n1. The molecule has 1 fully saturated rings. The van der Waals surface area contributed by atoms with Crippen molar-refractivity contribution < 1.29 is 9.90 Å². The van der Waals surface area contributed by atoms with Crippen LogP contribution >= 0.6 is 22.7 Å². The first-order chi connectivity index (χ1) is 10.1. The molecule has 1 aliphatic rings. The molecule has 2 aromatic rings. The number of aliphatic hydroxyl groups is 1. The second-order valence-electron chi connectivity index (χ2n) is 5.56. The Hall–Kier alpha value is -1.24. The number of hydrogen-bond donors (Lipinski definition) is 1. The van der Waals surface area contributed by atoms with E-state index in [9.17, 15) is 9.90 Å². The minimum Gasteiger partial charge on any atom is -0.393 e. The van der Waals surface area contributed by atoms with Crippen molar-refractivity contribution in [3.8, 4) is 9.88 Å². The van der Waals surface area contributed by atoms with Gasteiger partial charge in [0, 0.05) is 19.0 Å². The number of carbonyl (C=O) groups is 1. The number of hydrogen-bond acceptors (Lipinski definition) is 5. The molecule has 2 aromatic heterocycles. The first-order valence-corrected chi connectivity index (χ1v) is 8.78. The number of likely N-dealkylation sites (N-methyl/N-ethyl adjacent to an activating group) is 1. The third-order valence-electron chi connectivity index (χ3n) is 3.78. The molecule has 1 amide bonds. The zero-order valence-electron chi connectivity index (χ0n) is 11.9. The van der Waals surface area contributed by atoms with E-state index in [1.165, 1.54) is 0 Å². The van der Waals surface area contributed by atoms with Crippen LogP contribution < -0.4 is 0 Å². The van der Waals surface area contributed by atoms with Gasteiger partial charge in [-0.3, -0.25) is 4.79 Å². The van der Waals surface area contributed by atoms with E-state index in [0.717, 1.165) is 35.0 Å². The topological polar surface area (TPSA) is 53.4 Å². The molecule has 0 radical (unpaired) electrons. The zero-order chi connectivity index (χ0) is 14.8. The van der Waals surface area contributed by atoms with Gasteiger partial charge in [-0.05, 0) is 30.2 Å². The summed E-state index contributed by atoms with van der Waals surface area (Å²) in [5.74, 6) is 0.547. The van der Waals surface area contributed by atoms with E-state index < -0.39 is 0 Å². The summed E-state index contributed by atoms with van der Waals surface area (Å²) >= 11 is 3.25. The van der Waals surface area contributed by atoms with Crippen molar-refractivity contribution >= 4 is 28.6 Å². The number of carbonyl (C=O) groups excluding carboxylic acids is 1. The lowest BCUT2D eigenvalue weighted by Crippen LogP contribution is -2.40. The fourth-order valence-corrected chi connectivity index (χ4v) is 4.16. The number of aromatic nitrogens is 1. The first-order valence-electron chi connectivity index (χ1n) is 7.02. The van der Waals surface area contributed by atoms with E-state index in [2.05, 4.69) is 4.98 Å². The van der Waals surface area contributed by atoms with Gasteiger partial charge in [-0.1, -0.05) is 6.07 Å². The summed E-state index contributed by atoms with van der Waals surface area (Å²) < 4.78 is 0. The third kappa shape index (κ3) is 3.51. The molecule has 0 spiro atoms. The Morgan fingerprint density at radius 3 is 2.95 bits per heavy atom. The van der Waals surface area contributed by atoms with Crippen LogP contribution in [0, 0.1) is 5.92 Å². The van der Waals surface area contributed by atoms with Crippen LogP contribution in [0.15, 0.2) is 22.9 Å². The van der Waals surface area contributed by atoms with Crippen molar-refractivity contribution in [1.29, 1.82) is 0 Å². The van der Waals surface area contributed by atoms with Crippen molar-refractivity contribution in [2.24, 2.45) is 5.92 Å². The van der Waals surface area contributed by atoms with Crippen molar-refractivity contribution in [2.45, 2.75) is 25.4 Å². The van der Waals surface area contributed by atoms with E-state index >= 15 is 0 Å². The van der Waals surface area contributed by atoms with Crippen LogP contribution in [-0.2, 0) is 11.2 Å². The van der Waals surface area contributed by atoms with Crippen LogP contribution in [0.5, 0.6) is 0 Å². The molecule has 0 aromatic carbocycles. The van der Waals surface area contributed by atoms with E-state index in [0.29, 0.717) is 12.3 Å². The van der Waals surface area contributed by atoms with Gasteiger partial charge in [-0.15, -0.1) is 22.7 Å². The van der Waals surface area contributed by atoms with E-state index in [-0.39, 0.29) is 12.0 Å². The Labute approximate surface area is 132 Å². The lowest BCUT2D eigenvalue weighted by Gasteiger charge is -2.34. The number of nitrogens with zero attached hydrogens (tertiary/aromatic N) is 2. The van der Waals surface area contributed by atoms with Crippen LogP contribution in [0.2, 0.25) is 0 Å². The average molecular weight is 322 g/mol. The monoisotopic (exact) mass is 322 g/mol. The quantitative estimate of drug-likeness (QED) is 0.921. The highest BCUT2D eigenvalue weighted by Gasteiger charge is 2.29. The summed E-state index contributed by atoms with van der Waals surface area (Å²) in [6.45, 7) is 0.734. The van der Waals surface area contributed by atoms with Gasteiger partial charge in [0.25, 0.3) is 0 Å². The van der Waals surface area contributed by atoms with E-state index in [1.54, 1.807) is 27.6 Å². The Morgan fingerprint density at radius 1 is 1.48 bits per heavy atom. The van der Waals surface area contributed by atoms with Gasteiger partial charge in [0.05, 0.1) is 23.1 Å². The predicted molar refractivity (Wildman–Crippen MR) is 85.5 cm³/mol.